The van der Waals surface area contributed by atoms with E-state index < -0.39 is 198 Å². The number of anilines is 1. The fraction of sp³-hybridized carbons (Fsp3) is 0.477. The summed E-state index contributed by atoms with van der Waals surface area (Å²) in [6.45, 7) is 8.75. The third-order valence-electron chi connectivity index (χ3n) is 24.4. The first-order chi connectivity index (χ1) is 56.9. The molecule has 0 radical (unpaired) electrons. The largest absolute Gasteiger partial charge is 0.508 e. The Kier molecular flexibility index (Phi) is 26.2. The van der Waals surface area contributed by atoms with Gasteiger partial charge in [0.05, 0.1) is 35.1 Å². The molecular formula is C86H98Cl2N8O23. The van der Waals surface area contributed by atoms with Crippen LogP contribution in [0.5, 0.6) is 51.7 Å². The third-order valence-corrected chi connectivity index (χ3v) is 24.9. The molecule has 31 nitrogen and oxygen atoms in total. The van der Waals surface area contributed by atoms with E-state index >= 15 is 28.8 Å². The van der Waals surface area contributed by atoms with Gasteiger partial charge in [-0.15, -0.1) is 0 Å². The SMILES string of the molecule is CC[C@H](CC(C)C)C(=O)N[C@H]1C(=O)C[C@@H](CC(=O)NC(=O)Nc2ccc(OCCN3CCOCC3)cc2)C(=O)NC2C(=O)C[C@H]3C(=O)N[C@H](C(=O)N[C@H](C(=O)CC4C5CC6CC(C5)CC4C6)c4cc(O)cc(O)c4-c4cc3ccc4O)[C@H](O)c3ccc(c(Cl)c3)Oc3cc2cc(c3O[C@@H]2O[C@H](CN)[C@@H](O)[C@H](O)[C@H]2O)Oc2ccc(cc2Cl)[C@H]1O. The summed E-state index contributed by atoms with van der Waals surface area (Å²) in [7, 11) is 0. The number of morpholine rings is 1. The number of carbonyl (C=O) groups is 9. The maximum atomic E-state index is 16.6. The molecule has 14 atom stereocenters. The summed E-state index contributed by atoms with van der Waals surface area (Å²) >= 11 is 14.4. The van der Waals surface area contributed by atoms with Gasteiger partial charge in [-0.25, -0.2) is 4.79 Å². The van der Waals surface area contributed by atoms with Crippen LogP contribution >= 0.6 is 23.2 Å². The minimum absolute atomic E-state index is 0.0386. The first-order valence-corrected chi connectivity index (χ1v) is 41.1. The number of hydrogen-bond acceptors (Lipinski definition) is 25. The number of carbonyl (C=O) groups excluding carboxylic acids is 9. The van der Waals surface area contributed by atoms with Gasteiger partial charge in [-0.2, -0.15) is 0 Å². The Morgan fingerprint density at radius 2 is 1.31 bits per heavy atom. The zero-order valence-corrected chi connectivity index (χ0v) is 67.1. The molecule has 2 saturated heterocycles. The van der Waals surface area contributed by atoms with Gasteiger partial charge in [0, 0.05) is 80.7 Å². The summed E-state index contributed by atoms with van der Waals surface area (Å²) in [6.07, 6.45) is -11.3. The van der Waals surface area contributed by atoms with Crippen LogP contribution in [0.3, 0.4) is 0 Å². The molecule has 6 aromatic rings. The fourth-order valence-corrected chi connectivity index (χ4v) is 18.8. The Balaban J connectivity index is 0.912. The molecule has 33 heteroatoms. The van der Waals surface area contributed by atoms with Crippen LogP contribution in [-0.4, -0.2) is 187 Å². The maximum Gasteiger partial charge on any atom is 0.325 e. The second-order valence-electron chi connectivity index (χ2n) is 32.9. The van der Waals surface area contributed by atoms with E-state index in [4.69, 9.17) is 57.4 Å². The minimum Gasteiger partial charge on any atom is -0.508 e. The van der Waals surface area contributed by atoms with Crippen molar-refractivity contribution >= 4 is 81.8 Å². The van der Waals surface area contributed by atoms with E-state index in [2.05, 4.69) is 36.8 Å². The average Bonchev–Trinajstić information content (AvgIpc) is 0.756. The number of halogens is 2. The number of nitrogens with one attached hydrogen (secondary N) is 6. The van der Waals surface area contributed by atoms with Crippen LogP contribution in [0.25, 0.3) is 11.1 Å². The number of amides is 7. The lowest BCUT2D eigenvalue weighted by molar-refractivity contribution is -0.270. The molecule has 0 aromatic heterocycles. The number of ketones is 3. The number of phenols is 3. The lowest BCUT2D eigenvalue weighted by Gasteiger charge is -2.54. The van der Waals surface area contributed by atoms with E-state index in [1.165, 1.54) is 60.7 Å². The first-order valence-electron chi connectivity index (χ1n) is 40.3. The number of hydrogen-bond donors (Lipinski definition) is 15. The van der Waals surface area contributed by atoms with Crippen molar-refractivity contribution in [3.05, 3.63) is 141 Å². The molecule has 17 rings (SSSR count). The predicted octanol–water partition coefficient (Wildman–Crippen LogP) is 7.77. The summed E-state index contributed by atoms with van der Waals surface area (Å²) in [5.74, 6) is -15.4. The first kappa shape index (κ1) is 85.4. The summed E-state index contributed by atoms with van der Waals surface area (Å²) in [6, 6.07) is 12.4. The molecule has 15 bridgehead atoms. The van der Waals surface area contributed by atoms with Crippen molar-refractivity contribution in [1.82, 2.24) is 31.5 Å². The minimum atomic E-state index is -2.21. The number of phenolic OH excluding ortho intramolecular Hbond substituents is 3. The van der Waals surface area contributed by atoms with E-state index in [0.717, 1.165) is 75.5 Å². The van der Waals surface area contributed by atoms with Gasteiger partial charge < -0.3 is 102 Å². The second kappa shape index (κ2) is 36.5. The Labute approximate surface area is 694 Å². The van der Waals surface area contributed by atoms with Crippen molar-refractivity contribution in [2.75, 3.05) is 51.3 Å². The molecule has 1 unspecified atom stereocenters. The van der Waals surface area contributed by atoms with E-state index in [1.807, 2.05) is 13.8 Å². The van der Waals surface area contributed by atoms with Crippen LogP contribution in [-0.2, 0) is 47.8 Å². The lowest BCUT2D eigenvalue weighted by atomic mass is 9.51. The van der Waals surface area contributed by atoms with E-state index in [0.29, 0.717) is 50.4 Å². The van der Waals surface area contributed by atoms with Crippen LogP contribution in [0.2, 0.25) is 10.0 Å². The summed E-state index contributed by atoms with van der Waals surface area (Å²) in [5, 5.41) is 110. The number of urea groups is 1. The zero-order chi connectivity index (χ0) is 84.5. The average molecular weight is 1680 g/mol. The Morgan fingerprint density at radius 3 is 1.94 bits per heavy atom. The number of aliphatic hydroxyl groups excluding tert-OH is 5. The Morgan fingerprint density at radius 1 is 0.664 bits per heavy atom. The number of ether oxygens (including phenoxy) is 6. The van der Waals surface area contributed by atoms with Gasteiger partial charge in [-0.3, -0.25) is 48.6 Å². The highest BCUT2D eigenvalue weighted by Crippen LogP contribution is 2.58. The third kappa shape index (κ3) is 18.9. The smallest absolute Gasteiger partial charge is 0.325 e. The summed E-state index contributed by atoms with van der Waals surface area (Å²) in [5.41, 5.74) is 4.66. The quantitative estimate of drug-likeness (QED) is 0.0390. The molecule has 6 fully saturated rings. The molecule has 7 heterocycles. The van der Waals surface area contributed by atoms with E-state index in [9.17, 15) is 55.2 Å². The molecule has 4 saturated carbocycles. The van der Waals surface area contributed by atoms with Crippen molar-refractivity contribution in [2.45, 2.75) is 164 Å². The van der Waals surface area contributed by atoms with Crippen LogP contribution in [0.1, 0.15) is 149 Å². The number of aromatic hydroxyl groups is 3. The second-order valence-corrected chi connectivity index (χ2v) is 33.7. The molecule has 7 aliphatic heterocycles. The van der Waals surface area contributed by atoms with Crippen LogP contribution in [0.4, 0.5) is 10.5 Å². The molecule has 16 N–H and O–H groups in total. The number of fused-ring (bicyclic) bond motifs is 15. The molecule has 4 aliphatic carbocycles. The van der Waals surface area contributed by atoms with Crippen molar-refractivity contribution in [2.24, 2.45) is 53.1 Å². The number of nitrogens with zero attached hydrogens (tertiary/aromatic N) is 1. The monoisotopic (exact) mass is 1680 g/mol. The van der Waals surface area contributed by atoms with Gasteiger partial charge >= 0.3 is 6.03 Å². The highest BCUT2D eigenvalue weighted by atomic mass is 35.5. The summed E-state index contributed by atoms with van der Waals surface area (Å²) < 4.78 is 37.2. The molecule has 11 aliphatic rings. The van der Waals surface area contributed by atoms with Crippen molar-refractivity contribution in [3.63, 3.8) is 0 Å². The van der Waals surface area contributed by atoms with Gasteiger partial charge in [0.15, 0.2) is 28.8 Å². The highest BCUT2D eigenvalue weighted by Gasteiger charge is 2.51. The number of Topliss-reactive ketones (excluding diaryl/α,β-unsaturated/α-hetero) is 3. The van der Waals surface area contributed by atoms with Crippen LogP contribution < -0.4 is 56.6 Å². The van der Waals surface area contributed by atoms with E-state index in [-0.39, 0.29) is 103 Å². The van der Waals surface area contributed by atoms with Crippen LogP contribution in [0, 0.1) is 47.3 Å². The van der Waals surface area contributed by atoms with E-state index in [1.54, 1.807) is 19.1 Å². The van der Waals surface area contributed by atoms with Crippen LogP contribution in [0.15, 0.2) is 103 Å². The number of nitrogens with two attached hydrogens (primary N) is 1. The van der Waals surface area contributed by atoms with Gasteiger partial charge in [-0.1, -0.05) is 62.2 Å². The lowest BCUT2D eigenvalue weighted by Crippen LogP contribution is -2.60. The van der Waals surface area contributed by atoms with Crippen molar-refractivity contribution in [3.8, 4) is 62.9 Å². The fourth-order valence-electron chi connectivity index (χ4n) is 18.4. The maximum absolute atomic E-state index is 16.6. The number of benzene rings is 6. The molecule has 7 amide bonds. The predicted molar refractivity (Wildman–Crippen MR) is 428 cm³/mol. The van der Waals surface area contributed by atoms with Gasteiger partial charge in [0.1, 0.15) is 102 Å². The normalized spacial score (nSPS) is 28.4. The van der Waals surface area contributed by atoms with Gasteiger partial charge in [0.2, 0.25) is 41.6 Å². The van der Waals surface area contributed by atoms with Crippen molar-refractivity contribution < 1.29 is 112 Å². The molecule has 6 aromatic carbocycles. The highest BCUT2D eigenvalue weighted by molar-refractivity contribution is 6.32. The van der Waals surface area contributed by atoms with Crippen molar-refractivity contribution in [1.29, 1.82) is 0 Å². The molecular weight excluding hydrogens is 1580 g/mol. The number of imide groups is 1. The molecule has 119 heavy (non-hydrogen) atoms. The Hall–Kier alpha value is -10.0. The van der Waals surface area contributed by atoms with Gasteiger partial charge in [-0.05, 0) is 187 Å². The molecule has 0 spiro atoms. The Bertz CT molecular complexity index is 4840. The standard InChI is InChI=1S/C86H98Cl2N8O23/c1-4-42(21-39(2)3)81(109)94-73-61(100)30-49(33-69(103)91-86(113)90-50-8-10-52(11-9-50)115-20-17-96-15-18-114-19-16-96)82(110)92-71-48-31-66(116-64-13-6-44(75(73)104)28-57(64)87)80(119-85-79(108)78(107)77(106)68(38-89)118-85)67(32-48)117-65-14-7-45(29-58(65)88)76(105)74-84(112)93-72(63(102)36-53-46-23-40-22-41(25-46)26-47(53)24-40)56-34-51(97)35-60(99)70(56)55-27-43(5-12-59(55)98)54(37-62(71)101)83(111)95-74/h5-14,27-29,31-32,34-35,39-42,46-47,49,53-54,68,71-79,85,97-99,104-108H,4,15-26,30,33,36-38,89H2,1-3H3,(H,92,110)(H,93,112)(H,94,109)(H,95,111)(H2,90,91,103,113)/t40?,41?,42-,46?,47?,49+,53?,54-,68-,71?,72+,73+,74+,75-,76-,77-,78+,79-,85+/m1/s1. The number of rotatable bonds is 18. The summed E-state index contributed by atoms with van der Waals surface area (Å²) in [4.78, 5) is 141. The topological polar surface area (TPSA) is 472 Å². The molecule has 634 valence electrons. The zero-order valence-electron chi connectivity index (χ0n) is 65.6. The van der Waals surface area contributed by atoms with Gasteiger partial charge in [0.25, 0.3) is 0 Å². The number of aliphatic hydroxyl groups is 5.